The first-order valence-electron chi connectivity index (χ1n) is 9.38. The van der Waals surface area contributed by atoms with E-state index in [-0.39, 0.29) is 41.6 Å². The molecule has 29 heavy (non-hydrogen) atoms. The summed E-state index contributed by atoms with van der Waals surface area (Å²) in [5.41, 5.74) is 0.300. The fourth-order valence-electron chi connectivity index (χ4n) is 3.63. The van der Waals surface area contributed by atoms with Crippen LogP contribution in [0, 0.1) is 10.1 Å². The van der Waals surface area contributed by atoms with Crippen molar-refractivity contribution >= 4 is 27.3 Å². The lowest BCUT2D eigenvalue weighted by Crippen LogP contribution is -2.53. The predicted molar refractivity (Wildman–Crippen MR) is 105 cm³/mol. The topological polar surface area (TPSA) is 121 Å². The van der Waals surface area contributed by atoms with Crippen molar-refractivity contribution in [2.24, 2.45) is 0 Å². The van der Waals surface area contributed by atoms with E-state index in [0.29, 0.717) is 38.2 Å². The van der Waals surface area contributed by atoms with Gasteiger partial charge in [0.1, 0.15) is 0 Å². The summed E-state index contributed by atoms with van der Waals surface area (Å²) in [6.07, 6.45) is 0.545. The quantitative estimate of drug-likeness (QED) is 0.482. The third-order valence-electron chi connectivity index (χ3n) is 5.46. The lowest BCUT2D eigenvalue weighted by atomic mass is 10.1. The Balaban J connectivity index is 1.50. The Bertz CT molecular complexity index is 893. The van der Waals surface area contributed by atoms with Crippen LogP contribution in [-0.4, -0.2) is 97.2 Å². The van der Waals surface area contributed by atoms with Gasteiger partial charge in [-0.05, 0) is 25.6 Å². The number of non-ortho nitro benzene ring substituents is 1. The van der Waals surface area contributed by atoms with E-state index >= 15 is 0 Å². The molecule has 158 valence electrons. The number of amides is 2. The number of benzene rings is 1. The number of carbonyl (C=O) groups excluding carboxylic acids is 2. The lowest BCUT2D eigenvalue weighted by molar-refractivity contribution is -0.384. The number of likely N-dealkylation sites (N-methyl/N-ethyl adjacent to an activating group) is 1. The van der Waals surface area contributed by atoms with Crippen molar-refractivity contribution in [3.05, 3.63) is 39.9 Å². The zero-order valence-electron chi connectivity index (χ0n) is 16.2. The zero-order valence-corrected chi connectivity index (χ0v) is 17.0. The van der Waals surface area contributed by atoms with Crippen molar-refractivity contribution in [3.8, 4) is 0 Å². The Morgan fingerprint density at radius 1 is 1.14 bits per heavy atom. The number of carbonyl (C=O) groups is 2. The molecule has 2 aliphatic heterocycles. The Morgan fingerprint density at radius 3 is 2.24 bits per heavy atom. The maximum Gasteiger partial charge on any atom is 0.269 e. The minimum Gasteiger partial charge on any atom is -0.338 e. The third kappa shape index (κ3) is 5.10. The van der Waals surface area contributed by atoms with Gasteiger partial charge in [0.25, 0.3) is 11.6 Å². The monoisotopic (exact) mass is 424 g/mol. The highest BCUT2D eigenvalue weighted by Gasteiger charge is 2.32. The molecule has 11 heteroatoms. The van der Waals surface area contributed by atoms with E-state index in [2.05, 4.69) is 0 Å². The van der Waals surface area contributed by atoms with Gasteiger partial charge >= 0.3 is 0 Å². The van der Waals surface area contributed by atoms with E-state index < -0.39 is 14.8 Å². The summed E-state index contributed by atoms with van der Waals surface area (Å²) in [6, 6.07) is 5.33. The van der Waals surface area contributed by atoms with Gasteiger partial charge in [-0.1, -0.05) is 0 Å². The molecule has 2 heterocycles. The summed E-state index contributed by atoms with van der Waals surface area (Å²) >= 11 is 0. The van der Waals surface area contributed by atoms with E-state index in [0.717, 1.165) is 0 Å². The highest BCUT2D eigenvalue weighted by atomic mass is 32.2. The number of hydrogen-bond donors (Lipinski definition) is 0. The normalized spacial score (nSPS) is 21.4. The summed E-state index contributed by atoms with van der Waals surface area (Å²) in [5, 5.41) is 10.7. The molecule has 0 radical (unpaired) electrons. The summed E-state index contributed by atoms with van der Waals surface area (Å²) in [6.45, 7) is 1.70. The molecule has 0 spiro atoms. The highest BCUT2D eigenvalue weighted by molar-refractivity contribution is 7.91. The van der Waals surface area contributed by atoms with Crippen LogP contribution in [0.15, 0.2) is 24.3 Å². The third-order valence-corrected chi connectivity index (χ3v) is 7.21. The summed E-state index contributed by atoms with van der Waals surface area (Å²) in [4.78, 5) is 40.4. The molecule has 2 fully saturated rings. The predicted octanol–water partition coefficient (Wildman–Crippen LogP) is -0.00190. The van der Waals surface area contributed by atoms with Gasteiger partial charge in [0.15, 0.2) is 9.84 Å². The fraction of sp³-hybridized carbons (Fsp3) is 0.556. The first-order valence-corrected chi connectivity index (χ1v) is 11.2. The van der Waals surface area contributed by atoms with E-state index in [4.69, 9.17) is 0 Å². The molecule has 0 aromatic heterocycles. The molecular formula is C18H24N4O6S. The second-order valence-electron chi connectivity index (χ2n) is 7.45. The van der Waals surface area contributed by atoms with E-state index in [1.165, 1.54) is 24.3 Å². The van der Waals surface area contributed by atoms with Gasteiger partial charge in [-0.2, -0.15) is 0 Å². The molecule has 10 nitrogen and oxygen atoms in total. The smallest absolute Gasteiger partial charge is 0.269 e. The molecule has 0 saturated carbocycles. The van der Waals surface area contributed by atoms with Crippen molar-refractivity contribution in [3.63, 3.8) is 0 Å². The molecule has 0 unspecified atom stereocenters. The summed E-state index contributed by atoms with van der Waals surface area (Å²) < 4.78 is 23.2. The van der Waals surface area contributed by atoms with Crippen molar-refractivity contribution in [1.29, 1.82) is 0 Å². The van der Waals surface area contributed by atoms with Crippen LogP contribution >= 0.6 is 0 Å². The second kappa shape index (κ2) is 8.46. The summed E-state index contributed by atoms with van der Waals surface area (Å²) in [7, 11) is -1.24. The van der Waals surface area contributed by atoms with Gasteiger partial charge in [-0.15, -0.1) is 0 Å². The van der Waals surface area contributed by atoms with Crippen LogP contribution in [0.2, 0.25) is 0 Å². The molecule has 0 aliphatic carbocycles. The number of piperazine rings is 1. The van der Waals surface area contributed by atoms with Crippen LogP contribution in [0.3, 0.4) is 0 Å². The van der Waals surface area contributed by atoms with E-state index in [1.807, 2.05) is 0 Å². The Labute approximate surface area is 169 Å². The van der Waals surface area contributed by atoms with Crippen molar-refractivity contribution < 1.29 is 22.9 Å². The minimum atomic E-state index is -3.00. The van der Waals surface area contributed by atoms with Gasteiger partial charge in [-0.25, -0.2) is 8.42 Å². The molecule has 1 aromatic carbocycles. The first-order chi connectivity index (χ1) is 13.7. The zero-order chi connectivity index (χ0) is 21.2. The average Bonchev–Trinajstić information content (AvgIpc) is 3.07. The fourth-order valence-corrected chi connectivity index (χ4v) is 5.44. The Morgan fingerprint density at radius 2 is 1.72 bits per heavy atom. The summed E-state index contributed by atoms with van der Waals surface area (Å²) in [5.74, 6) is -0.0481. The molecule has 0 N–H and O–H groups in total. The van der Waals surface area contributed by atoms with Crippen molar-refractivity contribution in [2.75, 3.05) is 51.3 Å². The van der Waals surface area contributed by atoms with Crippen molar-refractivity contribution in [2.45, 2.75) is 12.5 Å². The maximum atomic E-state index is 12.6. The molecule has 2 saturated heterocycles. The van der Waals surface area contributed by atoms with E-state index in [9.17, 15) is 28.1 Å². The Hall–Kier alpha value is -2.53. The molecule has 0 bridgehead atoms. The highest BCUT2D eigenvalue weighted by Crippen LogP contribution is 2.17. The van der Waals surface area contributed by atoms with Gasteiger partial charge in [0.2, 0.25) is 5.91 Å². The number of rotatable bonds is 5. The standard InChI is InChI=1S/C18H24N4O6S/c1-19(16-6-11-29(27,28)13-16)12-17(23)20-7-9-21(10-8-20)18(24)14-2-4-15(5-3-14)22(25)26/h2-5,16H,6-13H2,1H3/t16-/m0/s1. The molecule has 1 atom stereocenters. The van der Waals surface area contributed by atoms with Crippen LogP contribution in [0.4, 0.5) is 5.69 Å². The average molecular weight is 424 g/mol. The lowest BCUT2D eigenvalue weighted by Gasteiger charge is -2.36. The van der Waals surface area contributed by atoms with Gasteiger partial charge in [0, 0.05) is 49.9 Å². The molecule has 2 aliphatic rings. The first kappa shape index (κ1) is 21.2. The van der Waals surface area contributed by atoms with Gasteiger partial charge < -0.3 is 9.80 Å². The number of hydrogen-bond acceptors (Lipinski definition) is 7. The SMILES string of the molecule is CN(CC(=O)N1CCN(C(=O)c2ccc([N+](=O)[O-])cc2)CC1)[C@H]1CCS(=O)(=O)C1. The number of nitro groups is 1. The molecule has 3 rings (SSSR count). The molecular weight excluding hydrogens is 400 g/mol. The van der Waals surface area contributed by atoms with Crippen LogP contribution in [0.1, 0.15) is 16.8 Å². The van der Waals surface area contributed by atoms with Crippen LogP contribution < -0.4 is 0 Å². The van der Waals surface area contributed by atoms with Crippen LogP contribution in [0.5, 0.6) is 0 Å². The number of nitrogens with zero attached hydrogens (tertiary/aromatic N) is 4. The van der Waals surface area contributed by atoms with E-state index in [1.54, 1.807) is 21.7 Å². The second-order valence-corrected chi connectivity index (χ2v) is 9.68. The van der Waals surface area contributed by atoms with Crippen LogP contribution in [-0.2, 0) is 14.6 Å². The molecule has 2 amide bonds. The Kier molecular flexibility index (Phi) is 6.18. The van der Waals surface area contributed by atoms with Gasteiger partial charge in [0.05, 0.1) is 23.0 Å². The molecule has 1 aromatic rings. The largest absolute Gasteiger partial charge is 0.338 e. The van der Waals surface area contributed by atoms with Gasteiger partial charge in [-0.3, -0.25) is 24.6 Å². The number of sulfone groups is 1. The van der Waals surface area contributed by atoms with Crippen molar-refractivity contribution in [1.82, 2.24) is 14.7 Å². The van der Waals surface area contributed by atoms with Crippen LogP contribution in [0.25, 0.3) is 0 Å². The minimum absolute atomic E-state index is 0.0730. The number of nitro benzene ring substituents is 1. The maximum absolute atomic E-state index is 12.6.